The summed E-state index contributed by atoms with van der Waals surface area (Å²) in [5, 5.41) is 11.4. The molecule has 1 aliphatic rings. The molecule has 1 N–H and O–H groups in total. The van der Waals surface area contributed by atoms with Crippen molar-refractivity contribution >= 4 is 21.5 Å². The Hall–Kier alpha value is -2.10. The molecule has 0 unspecified atom stereocenters. The number of fused-ring (bicyclic) bond motifs is 1. The largest absolute Gasteiger partial charge is 0.465 e. The number of methoxy groups -OCH3 is 1. The molecular formula is C11H8F3NO5S. The van der Waals surface area contributed by atoms with Gasteiger partial charge in [-0.05, 0) is 12.1 Å². The molecule has 0 saturated heterocycles. The van der Waals surface area contributed by atoms with Gasteiger partial charge in [0.2, 0.25) is 0 Å². The fourth-order valence-electron chi connectivity index (χ4n) is 1.99. The summed E-state index contributed by atoms with van der Waals surface area (Å²) in [6.07, 6.45) is -4.90. The quantitative estimate of drug-likeness (QED) is 0.480. The number of halogens is 3. The molecule has 1 aliphatic heterocycles. The van der Waals surface area contributed by atoms with Crippen molar-refractivity contribution in [2.24, 2.45) is 5.16 Å². The van der Waals surface area contributed by atoms with Crippen molar-refractivity contribution in [1.29, 1.82) is 0 Å². The van der Waals surface area contributed by atoms with Gasteiger partial charge < -0.3 is 9.94 Å². The Labute approximate surface area is 116 Å². The number of rotatable bonds is 1. The van der Waals surface area contributed by atoms with Crippen LogP contribution in [0.5, 0.6) is 0 Å². The Morgan fingerprint density at radius 1 is 1.38 bits per heavy atom. The van der Waals surface area contributed by atoms with Crippen LogP contribution >= 0.6 is 0 Å². The zero-order valence-corrected chi connectivity index (χ0v) is 11.2. The van der Waals surface area contributed by atoms with Gasteiger partial charge in [-0.1, -0.05) is 5.16 Å². The Morgan fingerprint density at radius 2 is 2.00 bits per heavy atom. The van der Waals surface area contributed by atoms with Crippen LogP contribution in [0.25, 0.3) is 0 Å². The first-order valence-electron chi connectivity index (χ1n) is 5.39. The number of carbonyl (C=O) groups is 1. The van der Waals surface area contributed by atoms with Crippen LogP contribution in [0, 0.1) is 0 Å². The average molecular weight is 323 g/mol. The molecule has 0 aliphatic carbocycles. The van der Waals surface area contributed by atoms with E-state index in [0.717, 1.165) is 7.11 Å². The fraction of sp³-hybridized carbons (Fsp3) is 0.273. The van der Waals surface area contributed by atoms with E-state index in [9.17, 15) is 26.4 Å². The number of ether oxygens (including phenoxy) is 1. The second kappa shape index (κ2) is 4.72. The maximum absolute atomic E-state index is 13.0. The van der Waals surface area contributed by atoms with E-state index in [0.29, 0.717) is 12.1 Å². The van der Waals surface area contributed by atoms with Crippen LogP contribution in [0.15, 0.2) is 22.2 Å². The van der Waals surface area contributed by atoms with Gasteiger partial charge in [-0.25, -0.2) is 13.2 Å². The number of benzene rings is 1. The third kappa shape index (κ3) is 2.46. The molecular weight excluding hydrogens is 315 g/mol. The number of alkyl halides is 3. The smallest absolute Gasteiger partial charge is 0.417 e. The zero-order valence-electron chi connectivity index (χ0n) is 10.4. The summed E-state index contributed by atoms with van der Waals surface area (Å²) in [5.41, 5.74) is -3.05. The predicted octanol–water partition coefficient (Wildman–Crippen LogP) is 1.46. The van der Waals surface area contributed by atoms with E-state index >= 15 is 0 Å². The highest BCUT2D eigenvalue weighted by molar-refractivity contribution is 7.92. The van der Waals surface area contributed by atoms with E-state index in [1.807, 2.05) is 0 Å². The molecule has 2 rings (SSSR count). The Bertz CT molecular complexity index is 752. The van der Waals surface area contributed by atoms with Crippen LogP contribution in [-0.2, 0) is 20.8 Å². The maximum atomic E-state index is 13.0. The minimum absolute atomic E-state index is 0.377. The molecule has 0 amide bonds. The molecule has 0 bridgehead atoms. The molecule has 114 valence electrons. The van der Waals surface area contributed by atoms with Gasteiger partial charge >= 0.3 is 12.1 Å². The van der Waals surface area contributed by atoms with E-state index in [4.69, 9.17) is 5.21 Å². The van der Waals surface area contributed by atoms with Gasteiger partial charge in [0.25, 0.3) is 0 Å². The van der Waals surface area contributed by atoms with Crippen LogP contribution < -0.4 is 0 Å². The highest BCUT2D eigenvalue weighted by Gasteiger charge is 2.41. The van der Waals surface area contributed by atoms with Crippen molar-refractivity contribution in [3.63, 3.8) is 0 Å². The van der Waals surface area contributed by atoms with Gasteiger partial charge in [0, 0.05) is 5.56 Å². The minimum Gasteiger partial charge on any atom is -0.465 e. The minimum atomic E-state index is -4.90. The first-order chi connectivity index (χ1) is 9.61. The van der Waals surface area contributed by atoms with Crippen molar-refractivity contribution < 1.29 is 36.3 Å². The molecule has 6 nitrogen and oxygen atoms in total. The Balaban J connectivity index is 2.85. The average Bonchev–Trinajstić information content (AvgIpc) is 2.66. The summed E-state index contributed by atoms with van der Waals surface area (Å²) in [4.78, 5) is 10.9. The second-order valence-corrected chi connectivity index (χ2v) is 6.15. The molecule has 1 aromatic rings. The SMILES string of the molecule is COC(=O)c1cc2c(cc1C(F)(F)F)C(=NO)CS2(=O)=O. The normalized spacial score (nSPS) is 18.6. The van der Waals surface area contributed by atoms with Crippen molar-refractivity contribution in [1.82, 2.24) is 0 Å². The lowest BCUT2D eigenvalue weighted by Gasteiger charge is -2.13. The summed E-state index contributed by atoms with van der Waals surface area (Å²) in [6.45, 7) is 0. The van der Waals surface area contributed by atoms with Crippen LogP contribution in [0.2, 0.25) is 0 Å². The molecule has 0 spiro atoms. The molecule has 0 fully saturated rings. The molecule has 10 heteroatoms. The van der Waals surface area contributed by atoms with Crippen molar-refractivity contribution in [3.05, 3.63) is 28.8 Å². The van der Waals surface area contributed by atoms with Gasteiger partial charge in [-0.15, -0.1) is 0 Å². The van der Waals surface area contributed by atoms with Crippen molar-refractivity contribution in [2.75, 3.05) is 12.9 Å². The van der Waals surface area contributed by atoms with E-state index in [1.54, 1.807) is 0 Å². The fourth-order valence-corrected chi connectivity index (χ4v) is 3.53. The molecule has 0 aromatic heterocycles. The number of oxime groups is 1. The van der Waals surface area contributed by atoms with Gasteiger partial charge in [-0.2, -0.15) is 13.2 Å². The van der Waals surface area contributed by atoms with Gasteiger partial charge in [0.05, 0.1) is 23.1 Å². The molecule has 1 aromatic carbocycles. The third-order valence-corrected chi connectivity index (χ3v) is 4.59. The highest BCUT2D eigenvalue weighted by atomic mass is 32.2. The summed E-state index contributed by atoms with van der Waals surface area (Å²) < 4.78 is 66.8. The topological polar surface area (TPSA) is 93.0 Å². The number of esters is 1. The van der Waals surface area contributed by atoms with E-state index in [-0.39, 0.29) is 5.56 Å². The number of carbonyl (C=O) groups excluding carboxylic acids is 1. The van der Waals surface area contributed by atoms with Crippen LogP contribution in [0.1, 0.15) is 21.5 Å². The van der Waals surface area contributed by atoms with Gasteiger partial charge in [-0.3, -0.25) is 0 Å². The number of sulfone groups is 1. The molecule has 0 atom stereocenters. The first kappa shape index (κ1) is 15.3. The van der Waals surface area contributed by atoms with Crippen LogP contribution in [0.3, 0.4) is 0 Å². The van der Waals surface area contributed by atoms with Crippen LogP contribution in [-0.4, -0.2) is 38.2 Å². The van der Waals surface area contributed by atoms with Crippen molar-refractivity contribution in [2.45, 2.75) is 11.1 Å². The Kier molecular flexibility index (Phi) is 3.44. The maximum Gasteiger partial charge on any atom is 0.417 e. The monoisotopic (exact) mass is 323 g/mol. The lowest BCUT2D eigenvalue weighted by atomic mass is 10.0. The third-order valence-electron chi connectivity index (χ3n) is 2.92. The van der Waals surface area contributed by atoms with E-state index < -0.39 is 49.5 Å². The summed E-state index contributed by atoms with van der Waals surface area (Å²) in [5.74, 6) is -2.05. The predicted molar refractivity (Wildman–Crippen MR) is 63.2 cm³/mol. The van der Waals surface area contributed by atoms with E-state index in [1.165, 1.54) is 0 Å². The molecule has 21 heavy (non-hydrogen) atoms. The number of nitrogens with zero attached hydrogens (tertiary/aromatic N) is 1. The summed E-state index contributed by atoms with van der Waals surface area (Å²) in [6, 6.07) is 1.07. The highest BCUT2D eigenvalue weighted by Crippen LogP contribution is 2.37. The van der Waals surface area contributed by atoms with Crippen LogP contribution in [0.4, 0.5) is 13.2 Å². The summed E-state index contributed by atoms with van der Waals surface area (Å²) in [7, 11) is -3.08. The summed E-state index contributed by atoms with van der Waals surface area (Å²) >= 11 is 0. The second-order valence-electron chi connectivity index (χ2n) is 4.19. The first-order valence-corrected chi connectivity index (χ1v) is 7.04. The van der Waals surface area contributed by atoms with E-state index in [2.05, 4.69) is 9.89 Å². The lowest BCUT2D eigenvalue weighted by Crippen LogP contribution is -2.16. The van der Waals surface area contributed by atoms with Gasteiger partial charge in [0.1, 0.15) is 11.5 Å². The number of hydrogen-bond acceptors (Lipinski definition) is 6. The molecule has 0 radical (unpaired) electrons. The molecule has 1 heterocycles. The lowest BCUT2D eigenvalue weighted by molar-refractivity contribution is -0.138. The zero-order chi connectivity index (χ0) is 16.0. The standard InChI is InChI=1S/C11H8F3NO5S/c1-20-10(16)5-3-9-6(2-7(5)11(12,13)14)8(15-17)4-21(9,18)19/h2-3,17H,4H2,1H3. The molecule has 0 saturated carbocycles. The Morgan fingerprint density at radius 3 is 2.48 bits per heavy atom. The number of hydrogen-bond donors (Lipinski definition) is 1. The van der Waals surface area contributed by atoms with Gasteiger partial charge in [0.15, 0.2) is 9.84 Å². The van der Waals surface area contributed by atoms with Crippen molar-refractivity contribution in [3.8, 4) is 0 Å².